The second-order valence-electron chi connectivity index (χ2n) is 14.1. The number of para-hydroxylation sites is 1. The number of aliphatic hydroxyl groups is 1. The minimum Gasteiger partial charge on any atom is -0.511 e. The van der Waals surface area contributed by atoms with Crippen molar-refractivity contribution in [3.63, 3.8) is 0 Å². The first-order valence-corrected chi connectivity index (χ1v) is 20.2. The Morgan fingerprint density at radius 1 is 0.962 bits per heavy atom. The van der Waals surface area contributed by atoms with Crippen LogP contribution >= 0.6 is 11.3 Å². The molecular formula is C44H54N4O4S. The number of hydrogen-bond donors (Lipinski definition) is 1. The van der Waals surface area contributed by atoms with E-state index >= 15 is 0 Å². The summed E-state index contributed by atoms with van der Waals surface area (Å²) in [6, 6.07) is 16.8. The Labute approximate surface area is 318 Å². The predicted molar refractivity (Wildman–Crippen MR) is 218 cm³/mol. The van der Waals surface area contributed by atoms with Gasteiger partial charge in [0.1, 0.15) is 17.4 Å². The molecule has 3 aliphatic carbocycles. The van der Waals surface area contributed by atoms with Gasteiger partial charge in [-0.3, -0.25) is 14.5 Å². The molecule has 9 heteroatoms. The number of ether oxygens (including phenoxy) is 1. The largest absolute Gasteiger partial charge is 0.511 e. The van der Waals surface area contributed by atoms with Crippen molar-refractivity contribution in [3.05, 3.63) is 106 Å². The zero-order chi connectivity index (χ0) is 37.3. The summed E-state index contributed by atoms with van der Waals surface area (Å²) in [5.74, 6) is -0.229. The summed E-state index contributed by atoms with van der Waals surface area (Å²) in [4.78, 5) is 37.3. The molecule has 0 saturated carbocycles. The van der Waals surface area contributed by atoms with Crippen molar-refractivity contribution in [2.45, 2.75) is 65.3 Å². The number of ketones is 1. The Morgan fingerprint density at radius 2 is 1.75 bits per heavy atom. The summed E-state index contributed by atoms with van der Waals surface area (Å²) < 4.78 is 6.83. The fraction of sp³-hybridized carbons (Fsp3) is 0.432. The summed E-state index contributed by atoms with van der Waals surface area (Å²) in [6.45, 7) is 11.0. The lowest BCUT2D eigenvalue weighted by molar-refractivity contribution is -0.144. The Hall–Kier alpha value is -4.47. The number of esters is 1. The van der Waals surface area contributed by atoms with Gasteiger partial charge >= 0.3 is 5.97 Å². The first-order chi connectivity index (χ1) is 25.8. The average Bonchev–Trinajstić information content (AvgIpc) is 3.61. The van der Waals surface area contributed by atoms with E-state index in [1.54, 1.807) is 11.3 Å². The van der Waals surface area contributed by atoms with Gasteiger partial charge in [-0.25, -0.2) is 4.98 Å². The van der Waals surface area contributed by atoms with Crippen LogP contribution in [0.25, 0.3) is 22.4 Å². The highest BCUT2D eigenvalue weighted by atomic mass is 32.1. The molecule has 8 nitrogen and oxygen atoms in total. The molecular weight excluding hydrogens is 681 g/mol. The lowest BCUT2D eigenvalue weighted by atomic mass is 9.68. The molecule has 1 N–H and O–H groups in total. The van der Waals surface area contributed by atoms with Crippen molar-refractivity contribution < 1.29 is 19.4 Å². The average molecular weight is 735 g/mol. The summed E-state index contributed by atoms with van der Waals surface area (Å²) in [7, 11) is 2.05. The van der Waals surface area contributed by atoms with Gasteiger partial charge in [0.2, 0.25) is 0 Å². The van der Waals surface area contributed by atoms with E-state index in [1.807, 2.05) is 31.3 Å². The quantitative estimate of drug-likeness (QED) is 0.109. The smallest absolute Gasteiger partial charge is 0.305 e. The van der Waals surface area contributed by atoms with Gasteiger partial charge in [-0.2, -0.15) is 0 Å². The number of thiazole rings is 1. The van der Waals surface area contributed by atoms with Crippen LogP contribution < -0.4 is 4.90 Å². The van der Waals surface area contributed by atoms with Crippen LogP contribution in [0, 0.1) is 11.8 Å². The highest BCUT2D eigenvalue weighted by molar-refractivity contribution is 7.19. The number of carbonyl (C=O) groups is 2. The van der Waals surface area contributed by atoms with E-state index in [4.69, 9.17) is 4.74 Å². The van der Waals surface area contributed by atoms with E-state index in [9.17, 15) is 14.7 Å². The number of fused-ring (bicyclic) bond motifs is 1. The van der Waals surface area contributed by atoms with Crippen LogP contribution in [0.1, 0.15) is 69.9 Å². The maximum Gasteiger partial charge on any atom is 0.305 e. The molecule has 0 fully saturated rings. The highest BCUT2D eigenvalue weighted by Gasteiger charge is 2.45. The van der Waals surface area contributed by atoms with Crippen molar-refractivity contribution in [1.29, 1.82) is 0 Å². The van der Waals surface area contributed by atoms with Gasteiger partial charge in [0.15, 0.2) is 5.78 Å². The Balaban J connectivity index is 0.896. The predicted octanol–water partition coefficient (Wildman–Crippen LogP) is 8.84. The monoisotopic (exact) mass is 734 g/mol. The molecule has 2 aromatic carbocycles. The molecule has 0 spiro atoms. The zero-order valence-electron chi connectivity index (χ0n) is 31.7. The van der Waals surface area contributed by atoms with E-state index in [1.165, 1.54) is 10.4 Å². The number of aliphatic hydroxyl groups excluding tert-OH is 1. The van der Waals surface area contributed by atoms with Crippen LogP contribution in [0.3, 0.4) is 0 Å². The first-order valence-electron chi connectivity index (χ1n) is 19.3. The first kappa shape index (κ1) is 38.3. The molecule has 280 valence electrons. The Bertz CT molecular complexity index is 1870. The number of rotatable bonds is 17. The van der Waals surface area contributed by atoms with Gasteiger partial charge in [0, 0.05) is 57.1 Å². The van der Waals surface area contributed by atoms with Crippen molar-refractivity contribution in [1.82, 2.24) is 14.8 Å². The van der Waals surface area contributed by atoms with Gasteiger partial charge < -0.3 is 19.6 Å². The number of allylic oxidation sites excluding steroid dienone is 7. The van der Waals surface area contributed by atoms with E-state index in [-0.39, 0.29) is 29.5 Å². The molecule has 3 unspecified atom stereocenters. The van der Waals surface area contributed by atoms with Crippen molar-refractivity contribution in [2.75, 3.05) is 51.3 Å². The molecule has 0 radical (unpaired) electrons. The summed E-state index contributed by atoms with van der Waals surface area (Å²) in [5, 5.41) is 12.0. The highest BCUT2D eigenvalue weighted by Crippen LogP contribution is 2.44. The topological polar surface area (TPSA) is 86.2 Å². The standard InChI is InChI=1S/C44H54N4O4S/c1-5-47(6-2)35-23-17-32(18-24-35)41-43(50)42(44(41)51)33-19-25-36(26-20-33)48(7-3)29-30-52-40(49)13-10-28-46(4)34-21-14-31(15-22-34)16-27-39-45-37-11-8-9-12-38(37)53-39/h8-9,11-12,14-17,19,21-23,25,27,33,36,42,50H,5-7,10,13,18,20,24,26,28-30H2,1-4H3/b27-16+. The van der Waals surface area contributed by atoms with Gasteiger partial charge in [-0.15, -0.1) is 11.3 Å². The number of anilines is 1. The van der Waals surface area contributed by atoms with Gasteiger partial charge in [-0.1, -0.05) is 55.5 Å². The number of aromatic nitrogens is 1. The molecule has 53 heavy (non-hydrogen) atoms. The van der Waals surface area contributed by atoms with Gasteiger partial charge in [0.05, 0.1) is 21.7 Å². The zero-order valence-corrected chi connectivity index (χ0v) is 32.5. The van der Waals surface area contributed by atoms with Crippen molar-refractivity contribution in [2.24, 2.45) is 11.8 Å². The number of carbonyl (C=O) groups excluding carboxylic acids is 2. The maximum absolute atomic E-state index is 13.3. The van der Waals surface area contributed by atoms with Crippen LogP contribution in [0.4, 0.5) is 5.69 Å². The lowest BCUT2D eigenvalue weighted by Crippen LogP contribution is -2.42. The third-order valence-corrected chi connectivity index (χ3v) is 12.0. The van der Waals surface area contributed by atoms with Crippen molar-refractivity contribution in [3.8, 4) is 0 Å². The second-order valence-corrected chi connectivity index (χ2v) is 15.2. The normalized spacial score (nSPS) is 20.2. The van der Waals surface area contributed by atoms with Gasteiger partial charge in [-0.05, 0) is 106 Å². The fourth-order valence-electron chi connectivity index (χ4n) is 7.81. The van der Waals surface area contributed by atoms with Crippen LogP contribution in [0.2, 0.25) is 0 Å². The van der Waals surface area contributed by atoms with Crippen LogP contribution in [0.5, 0.6) is 0 Å². The minimum atomic E-state index is -0.427. The molecule has 3 atom stereocenters. The number of likely N-dealkylation sites (N-methyl/N-ethyl adjacent to an activating group) is 1. The van der Waals surface area contributed by atoms with Crippen LogP contribution in [-0.4, -0.2) is 84.1 Å². The fourth-order valence-corrected chi connectivity index (χ4v) is 8.68. The number of hydrogen-bond acceptors (Lipinski definition) is 9. The van der Waals surface area contributed by atoms with Crippen LogP contribution in [-0.2, 0) is 14.3 Å². The number of benzene rings is 2. The molecule has 1 heterocycles. The Morgan fingerprint density at radius 3 is 2.42 bits per heavy atom. The van der Waals surface area contributed by atoms with Crippen LogP contribution in [0.15, 0.2) is 95.4 Å². The summed E-state index contributed by atoms with van der Waals surface area (Å²) >= 11 is 1.69. The Kier molecular flexibility index (Phi) is 13.0. The second kappa shape index (κ2) is 18.0. The summed E-state index contributed by atoms with van der Waals surface area (Å²) in [5.41, 5.74) is 6.06. The third-order valence-electron chi connectivity index (χ3n) is 11.0. The molecule has 0 aliphatic heterocycles. The third kappa shape index (κ3) is 9.19. The molecule has 0 saturated heterocycles. The van der Waals surface area contributed by atoms with Crippen molar-refractivity contribution >= 4 is 51.1 Å². The lowest BCUT2D eigenvalue weighted by Gasteiger charge is -2.38. The molecule has 6 rings (SSSR count). The molecule has 1 aromatic heterocycles. The van der Waals surface area contributed by atoms with Gasteiger partial charge in [0.25, 0.3) is 0 Å². The number of nitrogens with zero attached hydrogens (tertiary/aromatic N) is 4. The maximum atomic E-state index is 13.3. The molecule has 3 aliphatic rings. The van der Waals surface area contributed by atoms with E-state index in [2.05, 4.69) is 101 Å². The minimum absolute atomic E-state index is 0.0214. The molecule has 3 aromatic rings. The van der Waals surface area contributed by atoms with E-state index in [0.29, 0.717) is 31.6 Å². The molecule has 0 bridgehead atoms. The number of Topliss-reactive ketones (excluding diaryl/α,β-unsaturated/α-hetero) is 1. The molecule has 0 amide bonds. The SMILES string of the molecule is CCN(CC)C1=CC=C(C2=C(O)C(C3C=CC(N(CC)CCOC(=O)CCCN(C)c4ccc(/C=C/c5nc6ccccc6s5)cc4)CC3)C2=O)CC1. The van der Waals surface area contributed by atoms with E-state index < -0.39 is 5.92 Å². The van der Waals surface area contributed by atoms with E-state index in [0.717, 1.165) is 79.2 Å². The summed E-state index contributed by atoms with van der Waals surface area (Å²) in [6.07, 6.45) is 17.1.